The zero-order valence-corrected chi connectivity index (χ0v) is 8.98. The molecule has 2 nitrogen and oxygen atoms in total. The van der Waals surface area contributed by atoms with Gasteiger partial charge >= 0.3 is 0 Å². The standard InChI is InChI=1S/C10H11ClF2O2/c1-2-14-6-15-10-8(12)3-7(5-11)4-9(10)13/h3-4H,2,5-6H2,1H3. The van der Waals surface area contributed by atoms with Crippen LogP contribution in [0.5, 0.6) is 5.75 Å². The minimum Gasteiger partial charge on any atom is -0.461 e. The Hall–Kier alpha value is -0.870. The van der Waals surface area contributed by atoms with Crippen LogP contribution in [0.2, 0.25) is 0 Å². The number of ether oxygens (including phenoxy) is 2. The zero-order valence-electron chi connectivity index (χ0n) is 8.23. The van der Waals surface area contributed by atoms with Crippen molar-refractivity contribution < 1.29 is 18.3 Å². The van der Waals surface area contributed by atoms with E-state index in [9.17, 15) is 8.78 Å². The first-order valence-corrected chi connectivity index (χ1v) is 4.97. The fourth-order valence-electron chi connectivity index (χ4n) is 1.01. The van der Waals surface area contributed by atoms with Crippen LogP contribution in [0.3, 0.4) is 0 Å². The molecule has 1 aromatic rings. The molecule has 1 rings (SSSR count). The summed E-state index contributed by atoms with van der Waals surface area (Å²) < 4.78 is 36.1. The summed E-state index contributed by atoms with van der Waals surface area (Å²) in [5.74, 6) is -1.92. The van der Waals surface area contributed by atoms with Gasteiger partial charge in [0.05, 0.1) is 0 Å². The lowest BCUT2D eigenvalue weighted by molar-refractivity contribution is 0.0176. The van der Waals surface area contributed by atoms with E-state index in [0.717, 1.165) is 12.1 Å². The molecule has 0 atom stereocenters. The van der Waals surface area contributed by atoms with E-state index in [-0.39, 0.29) is 12.7 Å². The van der Waals surface area contributed by atoms with Crippen LogP contribution in [0.15, 0.2) is 12.1 Å². The minimum absolute atomic E-state index is 0.0551. The molecule has 0 amide bonds. The molecule has 0 N–H and O–H groups in total. The maximum atomic E-state index is 13.2. The van der Waals surface area contributed by atoms with Crippen LogP contribution in [0, 0.1) is 11.6 Å². The summed E-state index contributed by atoms with van der Waals surface area (Å²) in [4.78, 5) is 0. The lowest BCUT2D eigenvalue weighted by Gasteiger charge is -2.08. The van der Waals surface area contributed by atoms with Crippen LogP contribution in [0.4, 0.5) is 8.78 Å². The number of hydrogen-bond acceptors (Lipinski definition) is 2. The lowest BCUT2D eigenvalue weighted by atomic mass is 10.2. The third kappa shape index (κ3) is 3.32. The van der Waals surface area contributed by atoms with E-state index >= 15 is 0 Å². The van der Waals surface area contributed by atoms with E-state index in [1.807, 2.05) is 0 Å². The van der Waals surface area contributed by atoms with Gasteiger partial charge in [0.1, 0.15) is 0 Å². The second-order valence-electron chi connectivity index (χ2n) is 2.78. The van der Waals surface area contributed by atoms with Gasteiger partial charge in [-0.2, -0.15) is 0 Å². The van der Waals surface area contributed by atoms with Crippen molar-refractivity contribution in [3.05, 3.63) is 29.3 Å². The molecule has 0 saturated carbocycles. The normalized spacial score (nSPS) is 10.4. The van der Waals surface area contributed by atoms with Crippen LogP contribution in [0.1, 0.15) is 12.5 Å². The van der Waals surface area contributed by atoms with Gasteiger partial charge in [-0.05, 0) is 24.6 Å². The molecule has 0 aliphatic heterocycles. The molecular weight excluding hydrogens is 226 g/mol. The van der Waals surface area contributed by atoms with Crippen LogP contribution >= 0.6 is 11.6 Å². The van der Waals surface area contributed by atoms with Gasteiger partial charge in [-0.1, -0.05) is 0 Å². The number of halogens is 3. The molecule has 0 fully saturated rings. The molecule has 1 aromatic carbocycles. The largest absolute Gasteiger partial charge is 0.461 e. The predicted octanol–water partition coefficient (Wildman–Crippen LogP) is 3.08. The van der Waals surface area contributed by atoms with E-state index in [0.29, 0.717) is 12.2 Å². The fraction of sp³-hybridized carbons (Fsp3) is 0.400. The van der Waals surface area contributed by atoms with Crippen molar-refractivity contribution >= 4 is 11.6 Å². The van der Waals surface area contributed by atoms with Crippen LogP contribution < -0.4 is 4.74 Å². The van der Waals surface area contributed by atoms with Crippen molar-refractivity contribution in [2.75, 3.05) is 13.4 Å². The van der Waals surface area contributed by atoms with E-state index < -0.39 is 17.4 Å². The monoisotopic (exact) mass is 236 g/mol. The molecule has 0 radical (unpaired) electrons. The Morgan fingerprint density at radius 1 is 1.27 bits per heavy atom. The number of alkyl halides is 1. The molecule has 0 saturated heterocycles. The molecule has 0 spiro atoms. The van der Waals surface area contributed by atoms with E-state index in [1.165, 1.54) is 0 Å². The van der Waals surface area contributed by atoms with E-state index in [1.54, 1.807) is 6.92 Å². The maximum absolute atomic E-state index is 13.2. The number of hydrogen-bond donors (Lipinski definition) is 0. The van der Waals surface area contributed by atoms with Gasteiger partial charge in [0.2, 0.25) is 0 Å². The fourth-order valence-corrected chi connectivity index (χ4v) is 1.17. The highest BCUT2D eigenvalue weighted by atomic mass is 35.5. The maximum Gasteiger partial charge on any atom is 0.193 e. The van der Waals surface area contributed by atoms with Crippen molar-refractivity contribution in [1.29, 1.82) is 0 Å². The highest BCUT2D eigenvalue weighted by Crippen LogP contribution is 2.23. The van der Waals surface area contributed by atoms with Gasteiger partial charge in [0.25, 0.3) is 0 Å². The first kappa shape index (κ1) is 12.2. The van der Waals surface area contributed by atoms with Gasteiger partial charge in [0.15, 0.2) is 24.2 Å². The summed E-state index contributed by atoms with van der Waals surface area (Å²) in [7, 11) is 0. The number of benzene rings is 1. The smallest absolute Gasteiger partial charge is 0.193 e. The van der Waals surface area contributed by atoms with Crippen LogP contribution in [-0.4, -0.2) is 13.4 Å². The van der Waals surface area contributed by atoms with E-state index in [2.05, 4.69) is 0 Å². The highest BCUT2D eigenvalue weighted by Gasteiger charge is 2.12. The highest BCUT2D eigenvalue weighted by molar-refractivity contribution is 6.17. The lowest BCUT2D eigenvalue weighted by Crippen LogP contribution is -2.05. The zero-order chi connectivity index (χ0) is 11.3. The second kappa shape index (κ2) is 5.88. The Balaban J connectivity index is 2.79. The molecule has 0 heterocycles. The molecule has 0 aliphatic carbocycles. The van der Waals surface area contributed by atoms with Crippen LogP contribution in [-0.2, 0) is 10.6 Å². The molecule has 5 heteroatoms. The Labute approximate surface area is 91.8 Å². The Kier molecular flexibility index (Phi) is 4.78. The quantitative estimate of drug-likeness (QED) is 0.444. The molecule has 0 bridgehead atoms. The molecule has 15 heavy (non-hydrogen) atoms. The summed E-state index contributed by atoms with van der Waals surface area (Å²) in [6, 6.07) is 2.27. The first-order valence-electron chi connectivity index (χ1n) is 4.43. The average molecular weight is 237 g/mol. The average Bonchev–Trinajstić information content (AvgIpc) is 2.22. The van der Waals surface area contributed by atoms with E-state index in [4.69, 9.17) is 21.1 Å². The third-order valence-corrected chi connectivity index (χ3v) is 2.01. The van der Waals surface area contributed by atoms with Crippen molar-refractivity contribution in [1.82, 2.24) is 0 Å². The van der Waals surface area contributed by atoms with Crippen molar-refractivity contribution in [2.24, 2.45) is 0 Å². The summed E-state index contributed by atoms with van der Waals surface area (Å²) >= 11 is 5.45. The van der Waals surface area contributed by atoms with Gasteiger partial charge in [-0.3, -0.25) is 0 Å². The molecule has 84 valence electrons. The summed E-state index contributed by atoms with van der Waals surface area (Å²) in [6.07, 6.45) is 0. The second-order valence-corrected chi connectivity index (χ2v) is 3.04. The predicted molar refractivity (Wildman–Crippen MR) is 53.0 cm³/mol. The Bertz CT molecular complexity index is 308. The van der Waals surface area contributed by atoms with Gasteiger partial charge < -0.3 is 9.47 Å². The SMILES string of the molecule is CCOCOc1c(F)cc(CCl)cc1F. The molecular formula is C10H11ClF2O2. The van der Waals surface area contributed by atoms with Crippen molar-refractivity contribution in [2.45, 2.75) is 12.8 Å². The summed E-state index contributed by atoms with van der Waals surface area (Å²) in [6.45, 7) is 2.00. The Morgan fingerprint density at radius 3 is 2.33 bits per heavy atom. The Morgan fingerprint density at radius 2 is 1.87 bits per heavy atom. The molecule has 0 unspecified atom stereocenters. The van der Waals surface area contributed by atoms with Crippen molar-refractivity contribution in [3.63, 3.8) is 0 Å². The summed E-state index contributed by atoms with van der Waals surface area (Å²) in [5, 5.41) is 0. The molecule has 0 aromatic heterocycles. The minimum atomic E-state index is -0.773. The topological polar surface area (TPSA) is 18.5 Å². The third-order valence-electron chi connectivity index (χ3n) is 1.70. The molecule has 0 aliphatic rings. The van der Waals surface area contributed by atoms with Crippen molar-refractivity contribution in [3.8, 4) is 5.75 Å². The van der Waals surface area contributed by atoms with Crippen LogP contribution in [0.25, 0.3) is 0 Å². The van der Waals surface area contributed by atoms with Gasteiger partial charge in [-0.25, -0.2) is 8.78 Å². The van der Waals surface area contributed by atoms with Gasteiger partial charge in [0, 0.05) is 12.5 Å². The van der Waals surface area contributed by atoms with Gasteiger partial charge in [-0.15, -0.1) is 11.6 Å². The first-order chi connectivity index (χ1) is 7.19. The number of rotatable bonds is 5. The summed E-state index contributed by atoms with van der Waals surface area (Å²) in [5.41, 5.74) is 0.371.